The van der Waals surface area contributed by atoms with E-state index in [2.05, 4.69) is 0 Å². The molecule has 24 heavy (non-hydrogen) atoms. The number of amides is 1. The summed E-state index contributed by atoms with van der Waals surface area (Å²) in [6.07, 6.45) is 1.45. The van der Waals surface area contributed by atoms with Crippen molar-refractivity contribution in [3.63, 3.8) is 0 Å². The number of hydrogen-bond donors (Lipinski definition) is 0. The van der Waals surface area contributed by atoms with Crippen LogP contribution in [-0.2, 0) is 10.0 Å². The van der Waals surface area contributed by atoms with Crippen molar-refractivity contribution in [1.29, 1.82) is 0 Å². The second-order valence-electron chi connectivity index (χ2n) is 5.54. The molecule has 0 unspecified atom stereocenters. The van der Waals surface area contributed by atoms with Crippen molar-refractivity contribution < 1.29 is 22.0 Å². The number of hydrogen-bond acceptors (Lipinski definition) is 4. The van der Waals surface area contributed by atoms with Crippen LogP contribution in [0.3, 0.4) is 0 Å². The summed E-state index contributed by atoms with van der Waals surface area (Å²) in [6.45, 7) is 2.59. The number of furan rings is 1. The first-order valence-corrected chi connectivity index (χ1v) is 8.92. The van der Waals surface area contributed by atoms with E-state index in [9.17, 15) is 17.6 Å². The molecule has 8 heteroatoms. The predicted molar refractivity (Wildman–Crippen MR) is 84.5 cm³/mol. The Kier molecular flexibility index (Phi) is 4.42. The van der Waals surface area contributed by atoms with Crippen molar-refractivity contribution in [3.8, 4) is 0 Å². The Morgan fingerprint density at radius 3 is 2.46 bits per heavy atom. The fraction of sp³-hybridized carbons (Fsp3) is 0.312. The molecule has 1 amide bonds. The van der Waals surface area contributed by atoms with Gasteiger partial charge >= 0.3 is 0 Å². The van der Waals surface area contributed by atoms with Crippen LogP contribution >= 0.6 is 0 Å². The molecule has 128 valence electrons. The molecule has 0 spiro atoms. The molecule has 1 aliphatic rings. The summed E-state index contributed by atoms with van der Waals surface area (Å²) in [6, 6.07) is 6.53. The lowest BCUT2D eigenvalue weighted by atomic mass is 10.2. The van der Waals surface area contributed by atoms with Crippen molar-refractivity contribution >= 4 is 15.9 Å². The lowest BCUT2D eigenvalue weighted by Gasteiger charge is -2.33. The smallest absolute Gasteiger partial charge is 0.257 e. The van der Waals surface area contributed by atoms with Gasteiger partial charge < -0.3 is 9.32 Å². The first kappa shape index (κ1) is 16.7. The monoisotopic (exact) mass is 352 g/mol. The number of carbonyl (C=O) groups excluding carboxylic acids is 1. The van der Waals surface area contributed by atoms with Gasteiger partial charge in [0.15, 0.2) is 0 Å². The van der Waals surface area contributed by atoms with Crippen molar-refractivity contribution in [2.24, 2.45) is 0 Å². The molecule has 3 rings (SSSR count). The highest BCUT2D eigenvalue weighted by molar-refractivity contribution is 7.89. The van der Waals surface area contributed by atoms with Gasteiger partial charge in [-0.05, 0) is 31.2 Å². The van der Waals surface area contributed by atoms with Crippen LogP contribution in [0.5, 0.6) is 0 Å². The number of carbonyl (C=O) groups is 1. The highest BCUT2D eigenvalue weighted by Gasteiger charge is 2.31. The van der Waals surface area contributed by atoms with Crippen LogP contribution in [0.25, 0.3) is 0 Å². The summed E-state index contributed by atoms with van der Waals surface area (Å²) in [4.78, 5) is 13.9. The second-order valence-corrected chi connectivity index (χ2v) is 7.48. The number of piperazine rings is 1. The molecule has 0 saturated carbocycles. The highest BCUT2D eigenvalue weighted by atomic mass is 32.2. The molecule has 0 atom stereocenters. The topological polar surface area (TPSA) is 70.8 Å². The van der Waals surface area contributed by atoms with Crippen LogP contribution < -0.4 is 0 Å². The third kappa shape index (κ3) is 3.07. The van der Waals surface area contributed by atoms with E-state index in [-0.39, 0.29) is 37.0 Å². The third-order valence-electron chi connectivity index (χ3n) is 4.05. The minimum atomic E-state index is -3.76. The van der Waals surface area contributed by atoms with Crippen LogP contribution in [0.15, 0.2) is 45.9 Å². The van der Waals surface area contributed by atoms with Gasteiger partial charge in [-0.2, -0.15) is 4.31 Å². The van der Waals surface area contributed by atoms with Crippen molar-refractivity contribution in [3.05, 3.63) is 53.7 Å². The third-order valence-corrected chi connectivity index (χ3v) is 5.94. The number of aryl methyl sites for hydroxylation is 1. The molecule has 0 N–H and O–H groups in total. The summed E-state index contributed by atoms with van der Waals surface area (Å²) >= 11 is 0. The largest absolute Gasteiger partial charge is 0.469 e. The first-order chi connectivity index (χ1) is 11.4. The summed E-state index contributed by atoms with van der Waals surface area (Å²) in [5.74, 6) is -0.237. The number of halogens is 1. The number of benzene rings is 1. The zero-order valence-electron chi connectivity index (χ0n) is 13.1. The van der Waals surface area contributed by atoms with E-state index in [1.165, 1.54) is 28.8 Å². The Morgan fingerprint density at radius 1 is 1.17 bits per heavy atom. The molecular formula is C16H17FN2O4S. The van der Waals surface area contributed by atoms with Gasteiger partial charge in [0, 0.05) is 26.2 Å². The molecule has 1 aromatic heterocycles. The van der Waals surface area contributed by atoms with Gasteiger partial charge in [-0.3, -0.25) is 4.79 Å². The zero-order chi connectivity index (χ0) is 17.3. The van der Waals surface area contributed by atoms with Gasteiger partial charge in [-0.15, -0.1) is 0 Å². The maximum Gasteiger partial charge on any atom is 0.257 e. The average molecular weight is 352 g/mol. The second kappa shape index (κ2) is 6.37. The van der Waals surface area contributed by atoms with Crippen molar-refractivity contribution in [2.45, 2.75) is 11.8 Å². The zero-order valence-corrected chi connectivity index (χ0v) is 13.9. The molecule has 1 fully saturated rings. The Balaban J connectivity index is 1.71. The van der Waals surface area contributed by atoms with Gasteiger partial charge in [-0.1, -0.05) is 6.07 Å². The van der Waals surface area contributed by atoms with Gasteiger partial charge in [0.2, 0.25) is 10.0 Å². The number of sulfonamides is 1. The molecule has 2 heterocycles. The van der Waals surface area contributed by atoms with Gasteiger partial charge in [0.25, 0.3) is 5.91 Å². The molecular weight excluding hydrogens is 335 g/mol. The fourth-order valence-electron chi connectivity index (χ4n) is 2.69. The Hall–Kier alpha value is -2.19. The van der Waals surface area contributed by atoms with Crippen molar-refractivity contribution in [2.75, 3.05) is 26.2 Å². The van der Waals surface area contributed by atoms with Crippen LogP contribution in [0, 0.1) is 12.7 Å². The van der Waals surface area contributed by atoms with Gasteiger partial charge in [0.05, 0.1) is 16.7 Å². The Bertz CT molecular complexity index is 854. The molecule has 2 aromatic rings. The van der Waals surface area contributed by atoms with E-state index in [0.717, 1.165) is 6.07 Å². The predicted octanol–water partition coefficient (Wildman–Crippen LogP) is 1.87. The number of nitrogens with zero attached hydrogens (tertiary/aromatic N) is 2. The van der Waals surface area contributed by atoms with Gasteiger partial charge in [-0.25, -0.2) is 12.8 Å². The standard InChI is InChI=1S/C16H17FN2O4S/c1-12-15(5-10-23-12)16(20)18-6-8-19(9-7-18)24(21,22)14-4-2-3-13(17)11-14/h2-5,10-11H,6-9H2,1H3. The summed E-state index contributed by atoms with van der Waals surface area (Å²) in [5, 5.41) is 0. The molecule has 6 nitrogen and oxygen atoms in total. The van der Waals surface area contributed by atoms with Crippen LogP contribution in [0.1, 0.15) is 16.1 Å². The van der Waals surface area contributed by atoms with Crippen molar-refractivity contribution in [1.82, 2.24) is 9.21 Å². The van der Waals surface area contributed by atoms with E-state index >= 15 is 0 Å². The van der Waals surface area contributed by atoms with E-state index in [0.29, 0.717) is 11.3 Å². The minimum absolute atomic E-state index is 0.0760. The quantitative estimate of drug-likeness (QED) is 0.846. The average Bonchev–Trinajstić information content (AvgIpc) is 3.00. The summed E-state index contributed by atoms with van der Waals surface area (Å²) < 4.78 is 44.8. The molecule has 0 bridgehead atoms. The van der Waals surface area contributed by atoms with E-state index in [1.807, 2.05) is 0 Å². The molecule has 1 aromatic carbocycles. The van der Waals surface area contributed by atoms with E-state index in [4.69, 9.17) is 4.42 Å². The van der Waals surface area contributed by atoms with E-state index in [1.54, 1.807) is 17.9 Å². The maximum absolute atomic E-state index is 13.3. The highest BCUT2D eigenvalue weighted by Crippen LogP contribution is 2.20. The fourth-order valence-corrected chi connectivity index (χ4v) is 4.14. The Morgan fingerprint density at radius 2 is 1.88 bits per heavy atom. The van der Waals surface area contributed by atoms with Crippen LogP contribution in [0.4, 0.5) is 4.39 Å². The Labute approximate surface area is 139 Å². The van der Waals surface area contributed by atoms with Gasteiger partial charge in [0.1, 0.15) is 11.6 Å². The summed E-state index contributed by atoms with van der Waals surface area (Å²) in [7, 11) is -3.76. The molecule has 1 aliphatic heterocycles. The molecule has 0 radical (unpaired) electrons. The molecule has 1 saturated heterocycles. The number of rotatable bonds is 3. The minimum Gasteiger partial charge on any atom is -0.469 e. The first-order valence-electron chi connectivity index (χ1n) is 7.48. The van der Waals surface area contributed by atoms with Crippen LogP contribution in [0.2, 0.25) is 0 Å². The molecule has 0 aliphatic carbocycles. The SMILES string of the molecule is Cc1occc1C(=O)N1CCN(S(=O)(=O)c2cccc(F)c2)CC1. The van der Waals surface area contributed by atoms with Crippen LogP contribution in [-0.4, -0.2) is 49.7 Å². The lowest BCUT2D eigenvalue weighted by Crippen LogP contribution is -2.50. The summed E-state index contributed by atoms with van der Waals surface area (Å²) in [5.41, 5.74) is 0.483. The lowest BCUT2D eigenvalue weighted by molar-refractivity contribution is 0.0696. The maximum atomic E-state index is 13.3. The van der Waals surface area contributed by atoms with E-state index < -0.39 is 15.8 Å². The normalized spacial score (nSPS) is 16.3.